The minimum atomic E-state index is -1.18. The molecule has 0 aromatic heterocycles. The van der Waals surface area contributed by atoms with E-state index in [1.807, 2.05) is 6.07 Å². The summed E-state index contributed by atoms with van der Waals surface area (Å²) >= 11 is 0. The van der Waals surface area contributed by atoms with Crippen LogP contribution in [0.1, 0.15) is 12.5 Å². The Morgan fingerprint density at radius 2 is 1.80 bits per heavy atom. The van der Waals surface area contributed by atoms with E-state index in [-0.39, 0.29) is 0 Å². The molecule has 0 bridgehead atoms. The van der Waals surface area contributed by atoms with Crippen molar-refractivity contribution in [3.63, 3.8) is 0 Å². The van der Waals surface area contributed by atoms with Gasteiger partial charge < -0.3 is 0 Å². The molecule has 1 aromatic carbocycles. The lowest BCUT2D eigenvalue weighted by Crippen LogP contribution is -2.17. The van der Waals surface area contributed by atoms with E-state index >= 15 is 0 Å². The summed E-state index contributed by atoms with van der Waals surface area (Å²) in [5, 5.41) is 0. The Morgan fingerprint density at radius 3 is 2.47 bits per heavy atom. The van der Waals surface area contributed by atoms with Gasteiger partial charge in [-0.05, 0) is 18.6 Å². The fraction of sp³-hybridized carbons (Fsp3) is 0.308. The normalized spacial score (nSPS) is 17.9. The van der Waals surface area contributed by atoms with E-state index in [1.54, 1.807) is 0 Å². The third-order valence-electron chi connectivity index (χ3n) is 2.45. The van der Waals surface area contributed by atoms with Gasteiger partial charge >= 0.3 is 0 Å². The van der Waals surface area contributed by atoms with E-state index < -0.39 is 8.07 Å². The zero-order chi connectivity index (χ0) is 11.1. The van der Waals surface area contributed by atoms with Gasteiger partial charge in [0.1, 0.15) is 0 Å². The number of benzene rings is 1. The van der Waals surface area contributed by atoms with Gasteiger partial charge in [0.2, 0.25) is 0 Å². The van der Waals surface area contributed by atoms with Crippen LogP contribution in [0.5, 0.6) is 0 Å². The second-order valence-corrected chi connectivity index (χ2v) is 10.2. The van der Waals surface area contributed by atoms with Crippen LogP contribution < -0.4 is 0 Å². The molecule has 78 valence electrons. The van der Waals surface area contributed by atoms with Gasteiger partial charge in [-0.3, -0.25) is 4.99 Å². The standard InChI is InChI=1S/C13H17NSi/c1-10-12(9-15(2,3)4)11-7-5-6-8-13(11)14-10/h5-9H,1-4H3. The first-order valence-corrected chi connectivity index (χ1v) is 8.93. The monoisotopic (exact) mass is 215 g/mol. The highest BCUT2D eigenvalue weighted by Gasteiger charge is 2.20. The fourth-order valence-electron chi connectivity index (χ4n) is 1.85. The predicted octanol–water partition coefficient (Wildman–Crippen LogP) is 4.05. The van der Waals surface area contributed by atoms with E-state index in [9.17, 15) is 0 Å². The molecule has 15 heavy (non-hydrogen) atoms. The fourth-order valence-corrected chi connectivity index (χ4v) is 3.08. The smallest absolute Gasteiger partial charge is 0.0711 e. The van der Waals surface area contributed by atoms with Gasteiger partial charge in [-0.15, -0.1) is 0 Å². The highest BCUT2D eigenvalue weighted by molar-refractivity contribution is 6.82. The maximum Gasteiger partial charge on any atom is 0.0711 e. The molecule has 2 rings (SSSR count). The van der Waals surface area contributed by atoms with Crippen molar-refractivity contribution in [2.75, 3.05) is 0 Å². The number of hydrogen-bond acceptors (Lipinski definition) is 1. The van der Waals surface area contributed by atoms with Crippen LogP contribution in [-0.2, 0) is 0 Å². The number of para-hydroxylation sites is 1. The van der Waals surface area contributed by atoms with Crippen molar-refractivity contribution in [3.8, 4) is 0 Å². The molecule has 1 nitrogen and oxygen atoms in total. The molecule has 0 aliphatic carbocycles. The Kier molecular flexibility index (Phi) is 2.39. The van der Waals surface area contributed by atoms with Crippen LogP contribution in [0.15, 0.2) is 35.0 Å². The average Bonchev–Trinajstić information content (AvgIpc) is 2.41. The SMILES string of the molecule is CC1=Nc2ccccc2C1=C[Si](C)(C)C. The molecular weight excluding hydrogens is 198 g/mol. The van der Waals surface area contributed by atoms with Crippen molar-refractivity contribution in [1.29, 1.82) is 0 Å². The van der Waals surface area contributed by atoms with Crippen molar-refractivity contribution in [2.45, 2.75) is 26.6 Å². The molecule has 1 heterocycles. The van der Waals surface area contributed by atoms with E-state index in [4.69, 9.17) is 0 Å². The van der Waals surface area contributed by atoms with E-state index in [0.29, 0.717) is 0 Å². The summed E-state index contributed by atoms with van der Waals surface area (Å²) in [5.41, 5.74) is 7.39. The zero-order valence-electron chi connectivity index (χ0n) is 9.83. The van der Waals surface area contributed by atoms with Crippen LogP contribution in [0, 0.1) is 0 Å². The summed E-state index contributed by atoms with van der Waals surface area (Å²) in [6, 6.07) is 8.39. The first-order chi connectivity index (χ1) is 6.97. The summed E-state index contributed by atoms with van der Waals surface area (Å²) in [6.07, 6.45) is 0. The van der Waals surface area contributed by atoms with Crippen LogP contribution >= 0.6 is 0 Å². The van der Waals surface area contributed by atoms with Crippen molar-refractivity contribution in [3.05, 3.63) is 35.5 Å². The molecule has 0 unspecified atom stereocenters. The molecule has 0 saturated heterocycles. The quantitative estimate of drug-likeness (QED) is 0.627. The predicted molar refractivity (Wildman–Crippen MR) is 70.5 cm³/mol. The first-order valence-electron chi connectivity index (χ1n) is 5.35. The highest BCUT2D eigenvalue weighted by Crippen LogP contribution is 2.35. The van der Waals surface area contributed by atoms with Gasteiger partial charge in [0, 0.05) is 11.3 Å². The van der Waals surface area contributed by atoms with Gasteiger partial charge in [-0.25, -0.2) is 0 Å². The van der Waals surface area contributed by atoms with Gasteiger partial charge in [0.05, 0.1) is 13.8 Å². The Bertz CT molecular complexity index is 450. The Labute approximate surface area is 92.6 Å². The number of hydrogen-bond donors (Lipinski definition) is 0. The summed E-state index contributed by atoms with van der Waals surface area (Å²) in [7, 11) is -1.18. The van der Waals surface area contributed by atoms with E-state index in [1.165, 1.54) is 16.8 Å². The molecule has 0 spiro atoms. The van der Waals surface area contributed by atoms with E-state index in [0.717, 1.165) is 5.69 Å². The summed E-state index contributed by atoms with van der Waals surface area (Å²) in [4.78, 5) is 4.59. The van der Waals surface area contributed by atoms with Crippen LogP contribution in [0.3, 0.4) is 0 Å². The molecule has 1 aromatic rings. The van der Waals surface area contributed by atoms with Crippen LogP contribution in [0.4, 0.5) is 5.69 Å². The van der Waals surface area contributed by atoms with Crippen molar-refractivity contribution < 1.29 is 0 Å². The van der Waals surface area contributed by atoms with Crippen molar-refractivity contribution in [1.82, 2.24) is 0 Å². The topological polar surface area (TPSA) is 12.4 Å². The number of aliphatic imine (C=N–C) groups is 1. The Balaban J connectivity index is 2.53. The van der Waals surface area contributed by atoms with Gasteiger partial charge in [0.25, 0.3) is 0 Å². The average molecular weight is 215 g/mol. The highest BCUT2D eigenvalue weighted by atomic mass is 28.3. The van der Waals surface area contributed by atoms with Crippen LogP contribution in [-0.4, -0.2) is 13.8 Å². The molecule has 0 N–H and O–H groups in total. The minimum absolute atomic E-state index is 1.12. The minimum Gasteiger partial charge on any atom is -0.252 e. The second kappa shape index (κ2) is 3.45. The number of fused-ring (bicyclic) bond motifs is 1. The molecule has 0 saturated carbocycles. The molecule has 1 aliphatic rings. The second-order valence-electron chi connectivity index (χ2n) is 5.14. The number of rotatable bonds is 1. The first kappa shape index (κ1) is 10.4. The zero-order valence-corrected chi connectivity index (χ0v) is 10.8. The van der Waals surface area contributed by atoms with Gasteiger partial charge in [0.15, 0.2) is 0 Å². The summed E-state index contributed by atoms with van der Waals surface area (Å²) in [5.74, 6) is 0. The van der Waals surface area contributed by atoms with Crippen LogP contribution in [0.2, 0.25) is 19.6 Å². The molecule has 1 aliphatic heterocycles. The lowest BCUT2D eigenvalue weighted by Gasteiger charge is -2.12. The molecule has 0 amide bonds. The van der Waals surface area contributed by atoms with Crippen molar-refractivity contribution >= 4 is 25.0 Å². The summed E-state index contributed by atoms with van der Waals surface area (Å²) < 4.78 is 0. The van der Waals surface area contributed by atoms with Gasteiger partial charge in [-0.1, -0.05) is 43.5 Å². The molecule has 2 heteroatoms. The summed E-state index contributed by atoms with van der Waals surface area (Å²) in [6.45, 7) is 9.17. The molecule has 0 fully saturated rings. The Hall–Kier alpha value is -1.15. The van der Waals surface area contributed by atoms with E-state index in [2.05, 4.69) is 55.5 Å². The third kappa shape index (κ3) is 2.10. The maximum atomic E-state index is 4.59. The van der Waals surface area contributed by atoms with Crippen LogP contribution in [0.25, 0.3) is 5.57 Å². The van der Waals surface area contributed by atoms with Crippen molar-refractivity contribution in [2.24, 2.45) is 4.99 Å². The molecular formula is C13H17NSi. The maximum absolute atomic E-state index is 4.59. The lowest BCUT2D eigenvalue weighted by atomic mass is 10.1. The largest absolute Gasteiger partial charge is 0.252 e. The third-order valence-corrected chi connectivity index (χ3v) is 3.60. The van der Waals surface area contributed by atoms with Gasteiger partial charge in [-0.2, -0.15) is 0 Å². The molecule has 0 atom stereocenters. The lowest BCUT2D eigenvalue weighted by molar-refractivity contribution is 1.54. The number of allylic oxidation sites excluding steroid dienone is 1. The Morgan fingerprint density at radius 1 is 1.13 bits per heavy atom. The molecule has 0 radical (unpaired) electrons. The number of nitrogens with zero attached hydrogens (tertiary/aromatic N) is 1.